The Kier molecular flexibility index (Phi) is 4.85. The predicted octanol–water partition coefficient (Wildman–Crippen LogP) is 2.05. The molecule has 3 rings (SSSR count). The van der Waals surface area contributed by atoms with Gasteiger partial charge in [-0.15, -0.1) is 0 Å². The SMILES string of the molecule is CNCCC1CCN(C(=O)c2cc(C)nc3c2c(C)nn3C)CC1. The molecule has 0 aromatic carbocycles. The van der Waals surface area contributed by atoms with Gasteiger partial charge in [0.15, 0.2) is 5.65 Å². The number of rotatable bonds is 4. The number of carbonyl (C=O) groups excluding carboxylic acids is 1. The molecule has 1 fully saturated rings. The lowest BCUT2D eigenvalue weighted by Crippen LogP contribution is -2.39. The number of hydrogen-bond donors (Lipinski definition) is 1. The summed E-state index contributed by atoms with van der Waals surface area (Å²) in [5.74, 6) is 0.842. The van der Waals surface area contributed by atoms with Crippen LogP contribution in [0.25, 0.3) is 11.0 Å². The van der Waals surface area contributed by atoms with Crippen LogP contribution in [0.15, 0.2) is 6.07 Å². The largest absolute Gasteiger partial charge is 0.339 e. The van der Waals surface area contributed by atoms with Crippen LogP contribution in [0, 0.1) is 19.8 Å². The third-order valence-electron chi connectivity index (χ3n) is 5.03. The molecule has 130 valence electrons. The number of pyridine rings is 1. The van der Waals surface area contributed by atoms with Crippen molar-refractivity contribution in [1.82, 2.24) is 25.0 Å². The van der Waals surface area contributed by atoms with E-state index in [1.165, 1.54) is 6.42 Å². The lowest BCUT2D eigenvalue weighted by molar-refractivity contribution is 0.0689. The molecule has 0 unspecified atom stereocenters. The topological polar surface area (TPSA) is 63.1 Å². The summed E-state index contributed by atoms with van der Waals surface area (Å²) in [5.41, 5.74) is 3.27. The van der Waals surface area contributed by atoms with E-state index >= 15 is 0 Å². The van der Waals surface area contributed by atoms with E-state index in [0.717, 1.165) is 66.4 Å². The highest BCUT2D eigenvalue weighted by molar-refractivity contribution is 6.06. The summed E-state index contributed by atoms with van der Waals surface area (Å²) in [6.07, 6.45) is 3.37. The van der Waals surface area contributed by atoms with Gasteiger partial charge in [0.1, 0.15) is 0 Å². The van der Waals surface area contributed by atoms with Crippen LogP contribution in [0.3, 0.4) is 0 Å². The molecule has 3 heterocycles. The monoisotopic (exact) mass is 329 g/mol. The van der Waals surface area contributed by atoms with E-state index in [9.17, 15) is 4.79 Å². The third kappa shape index (κ3) is 3.15. The Bertz CT molecular complexity index is 743. The summed E-state index contributed by atoms with van der Waals surface area (Å²) in [6, 6.07) is 1.91. The van der Waals surface area contributed by atoms with E-state index in [1.54, 1.807) is 4.68 Å². The second-order valence-corrected chi connectivity index (χ2v) is 6.85. The fourth-order valence-corrected chi connectivity index (χ4v) is 3.68. The van der Waals surface area contributed by atoms with Gasteiger partial charge < -0.3 is 10.2 Å². The maximum atomic E-state index is 13.1. The number of nitrogens with one attached hydrogen (secondary N) is 1. The number of likely N-dealkylation sites (tertiary alicyclic amines) is 1. The number of fused-ring (bicyclic) bond motifs is 1. The maximum Gasteiger partial charge on any atom is 0.254 e. The number of aryl methyl sites for hydroxylation is 3. The normalized spacial score (nSPS) is 16.1. The van der Waals surface area contributed by atoms with E-state index < -0.39 is 0 Å². The van der Waals surface area contributed by atoms with Crippen LogP contribution in [0.2, 0.25) is 0 Å². The number of amides is 1. The molecule has 0 aliphatic carbocycles. The Morgan fingerprint density at radius 2 is 2.04 bits per heavy atom. The quantitative estimate of drug-likeness (QED) is 0.932. The molecule has 1 amide bonds. The molecular weight excluding hydrogens is 302 g/mol. The molecule has 0 spiro atoms. The number of nitrogens with zero attached hydrogens (tertiary/aromatic N) is 4. The van der Waals surface area contributed by atoms with E-state index in [4.69, 9.17) is 0 Å². The highest BCUT2D eigenvalue weighted by Gasteiger charge is 2.26. The standard InChI is InChI=1S/C18H27N5O/c1-12-11-15(16-13(2)21-22(4)17(16)20-12)18(24)23-9-6-14(7-10-23)5-8-19-3/h11,14,19H,5-10H2,1-4H3. The minimum absolute atomic E-state index is 0.119. The van der Waals surface area contributed by atoms with Crippen LogP contribution in [0.5, 0.6) is 0 Å². The molecule has 0 atom stereocenters. The molecule has 0 bridgehead atoms. The summed E-state index contributed by atoms with van der Waals surface area (Å²) in [4.78, 5) is 19.6. The van der Waals surface area contributed by atoms with Crippen LogP contribution in [0.4, 0.5) is 0 Å². The van der Waals surface area contributed by atoms with Crippen LogP contribution in [0.1, 0.15) is 41.0 Å². The minimum Gasteiger partial charge on any atom is -0.339 e. The predicted molar refractivity (Wildman–Crippen MR) is 95.2 cm³/mol. The highest BCUT2D eigenvalue weighted by Crippen LogP contribution is 2.26. The Morgan fingerprint density at radius 3 is 2.71 bits per heavy atom. The van der Waals surface area contributed by atoms with Crippen molar-refractivity contribution in [2.45, 2.75) is 33.1 Å². The number of hydrogen-bond acceptors (Lipinski definition) is 4. The summed E-state index contributed by atoms with van der Waals surface area (Å²) in [6.45, 7) is 6.62. The zero-order valence-corrected chi connectivity index (χ0v) is 15.1. The van der Waals surface area contributed by atoms with Crippen molar-refractivity contribution in [2.75, 3.05) is 26.7 Å². The van der Waals surface area contributed by atoms with Crippen LogP contribution < -0.4 is 5.32 Å². The molecule has 6 nitrogen and oxygen atoms in total. The Morgan fingerprint density at radius 1 is 1.33 bits per heavy atom. The number of carbonyl (C=O) groups is 1. The summed E-state index contributed by atoms with van der Waals surface area (Å²) < 4.78 is 1.76. The Balaban J connectivity index is 1.82. The highest BCUT2D eigenvalue weighted by atomic mass is 16.2. The minimum atomic E-state index is 0.119. The van der Waals surface area contributed by atoms with Crippen molar-refractivity contribution in [3.8, 4) is 0 Å². The van der Waals surface area contributed by atoms with Crippen molar-refractivity contribution >= 4 is 16.9 Å². The molecule has 1 aliphatic heterocycles. The second-order valence-electron chi connectivity index (χ2n) is 6.85. The number of aromatic nitrogens is 3. The van der Waals surface area contributed by atoms with Gasteiger partial charge in [0, 0.05) is 25.8 Å². The van der Waals surface area contributed by atoms with Crippen molar-refractivity contribution in [2.24, 2.45) is 13.0 Å². The zero-order chi connectivity index (χ0) is 17.3. The Hall–Kier alpha value is -1.95. The molecule has 6 heteroatoms. The van der Waals surface area contributed by atoms with Gasteiger partial charge in [-0.25, -0.2) is 4.98 Å². The molecule has 24 heavy (non-hydrogen) atoms. The molecular formula is C18H27N5O. The molecule has 0 radical (unpaired) electrons. The van der Waals surface area contributed by atoms with Gasteiger partial charge in [-0.05, 0) is 58.7 Å². The van der Waals surface area contributed by atoms with Gasteiger partial charge in [-0.2, -0.15) is 5.10 Å². The van der Waals surface area contributed by atoms with Crippen LogP contribution in [-0.2, 0) is 7.05 Å². The van der Waals surface area contributed by atoms with Gasteiger partial charge in [-0.3, -0.25) is 9.48 Å². The summed E-state index contributed by atoms with van der Waals surface area (Å²) in [5, 5.41) is 8.55. The maximum absolute atomic E-state index is 13.1. The lowest BCUT2D eigenvalue weighted by Gasteiger charge is -2.32. The van der Waals surface area contributed by atoms with Gasteiger partial charge >= 0.3 is 0 Å². The molecule has 2 aromatic heterocycles. The van der Waals surface area contributed by atoms with Crippen LogP contribution >= 0.6 is 0 Å². The first kappa shape index (κ1) is 16.9. The van der Waals surface area contributed by atoms with Crippen LogP contribution in [-0.4, -0.2) is 52.3 Å². The number of piperidine rings is 1. The Labute approximate surface area is 143 Å². The third-order valence-corrected chi connectivity index (χ3v) is 5.03. The average Bonchev–Trinajstić information content (AvgIpc) is 2.86. The lowest BCUT2D eigenvalue weighted by atomic mass is 9.93. The molecule has 1 N–H and O–H groups in total. The smallest absolute Gasteiger partial charge is 0.254 e. The van der Waals surface area contributed by atoms with E-state index in [1.807, 2.05) is 38.9 Å². The fourth-order valence-electron chi connectivity index (χ4n) is 3.68. The van der Waals surface area contributed by atoms with Gasteiger partial charge in [0.2, 0.25) is 0 Å². The molecule has 0 saturated carbocycles. The van der Waals surface area contributed by atoms with Crippen molar-refractivity contribution < 1.29 is 4.79 Å². The molecule has 2 aromatic rings. The van der Waals surface area contributed by atoms with Gasteiger partial charge in [-0.1, -0.05) is 0 Å². The van der Waals surface area contributed by atoms with Crippen molar-refractivity contribution in [3.05, 3.63) is 23.0 Å². The first-order valence-electron chi connectivity index (χ1n) is 8.76. The average molecular weight is 329 g/mol. The molecule has 1 aliphatic rings. The van der Waals surface area contributed by atoms with Crippen molar-refractivity contribution in [1.29, 1.82) is 0 Å². The second kappa shape index (κ2) is 6.89. The van der Waals surface area contributed by atoms with E-state index in [2.05, 4.69) is 15.4 Å². The van der Waals surface area contributed by atoms with Gasteiger partial charge in [0.05, 0.1) is 16.6 Å². The zero-order valence-electron chi connectivity index (χ0n) is 15.1. The van der Waals surface area contributed by atoms with Gasteiger partial charge in [0.25, 0.3) is 5.91 Å². The van der Waals surface area contributed by atoms with E-state index in [-0.39, 0.29) is 5.91 Å². The first-order chi connectivity index (χ1) is 11.5. The molecule has 1 saturated heterocycles. The fraction of sp³-hybridized carbons (Fsp3) is 0.611. The van der Waals surface area contributed by atoms with Crippen molar-refractivity contribution in [3.63, 3.8) is 0 Å². The van der Waals surface area contributed by atoms with E-state index in [0.29, 0.717) is 0 Å². The summed E-state index contributed by atoms with van der Waals surface area (Å²) >= 11 is 0. The first-order valence-corrected chi connectivity index (χ1v) is 8.76. The summed E-state index contributed by atoms with van der Waals surface area (Å²) in [7, 11) is 3.87.